The molecule has 0 fully saturated rings. The van der Waals surface area contributed by atoms with Crippen LogP contribution in [0.2, 0.25) is 0 Å². The molecule has 0 radical (unpaired) electrons. The number of aromatic nitrogens is 4. The van der Waals surface area contributed by atoms with Crippen molar-refractivity contribution in [3.05, 3.63) is 92.3 Å². The third-order valence-corrected chi connectivity index (χ3v) is 6.69. The molecule has 0 aliphatic heterocycles. The van der Waals surface area contributed by atoms with Gasteiger partial charge in [0.1, 0.15) is 5.01 Å². The van der Waals surface area contributed by atoms with E-state index in [1.165, 1.54) is 28.7 Å². The maximum atomic E-state index is 12.3. The van der Waals surface area contributed by atoms with E-state index in [4.69, 9.17) is 0 Å². The number of thiazole rings is 1. The Morgan fingerprint density at radius 2 is 1.94 bits per heavy atom. The van der Waals surface area contributed by atoms with Crippen molar-refractivity contribution in [1.82, 2.24) is 19.7 Å². The molecule has 0 spiro atoms. The average molecular weight is 466 g/mol. The van der Waals surface area contributed by atoms with Crippen molar-refractivity contribution < 1.29 is 4.79 Å². The van der Waals surface area contributed by atoms with E-state index in [-0.39, 0.29) is 18.0 Å². The first-order chi connectivity index (χ1) is 15.6. The number of carbonyl (C=O) groups excluding carboxylic acids is 1. The molecule has 0 saturated heterocycles. The van der Waals surface area contributed by atoms with Crippen LogP contribution >= 0.6 is 23.1 Å². The summed E-state index contributed by atoms with van der Waals surface area (Å²) in [5.41, 5.74) is 3.75. The average Bonchev–Trinajstić information content (AvgIpc) is 3.39. The molecule has 0 bridgehead atoms. The number of aryl methyl sites for hydroxylation is 2. The lowest BCUT2D eigenvalue weighted by molar-refractivity contribution is -0.115. The number of rotatable bonds is 9. The van der Waals surface area contributed by atoms with E-state index < -0.39 is 0 Å². The summed E-state index contributed by atoms with van der Waals surface area (Å²) in [4.78, 5) is 29.0. The van der Waals surface area contributed by atoms with Crippen LogP contribution in [0.5, 0.6) is 0 Å². The van der Waals surface area contributed by atoms with Crippen LogP contribution in [0.1, 0.15) is 21.8 Å². The number of benzene rings is 2. The van der Waals surface area contributed by atoms with Gasteiger partial charge in [-0.25, -0.2) is 14.9 Å². The second-order valence-electron chi connectivity index (χ2n) is 7.31. The number of carbonyl (C=O) groups is 1. The van der Waals surface area contributed by atoms with Gasteiger partial charge in [0.2, 0.25) is 5.91 Å². The summed E-state index contributed by atoms with van der Waals surface area (Å²) in [5.74, 6) is 0.482. The number of nitrogens with zero attached hydrogens (tertiary/aromatic N) is 3. The van der Waals surface area contributed by atoms with E-state index in [0.717, 1.165) is 28.4 Å². The minimum absolute atomic E-state index is 0.0931. The maximum Gasteiger partial charge on any atom is 0.343 e. The molecule has 0 unspecified atom stereocenters. The van der Waals surface area contributed by atoms with Crippen molar-refractivity contribution in [3.63, 3.8) is 0 Å². The minimum Gasteiger partial charge on any atom is -0.326 e. The van der Waals surface area contributed by atoms with E-state index in [9.17, 15) is 9.59 Å². The van der Waals surface area contributed by atoms with Crippen LogP contribution in [-0.4, -0.2) is 25.7 Å². The highest BCUT2D eigenvalue weighted by atomic mass is 32.2. The largest absolute Gasteiger partial charge is 0.343 e. The van der Waals surface area contributed by atoms with E-state index in [0.29, 0.717) is 17.5 Å². The Kier molecular flexibility index (Phi) is 7.18. The van der Waals surface area contributed by atoms with Crippen LogP contribution < -0.4 is 11.0 Å². The zero-order valence-electron chi connectivity index (χ0n) is 17.6. The molecular weight excluding hydrogens is 442 g/mol. The Morgan fingerprint density at radius 1 is 1.16 bits per heavy atom. The highest BCUT2D eigenvalue weighted by Gasteiger charge is 2.12. The number of nitrogens with one attached hydrogen (secondary N) is 2. The van der Waals surface area contributed by atoms with Crippen molar-refractivity contribution in [1.29, 1.82) is 0 Å². The van der Waals surface area contributed by atoms with Crippen LogP contribution in [0, 0.1) is 6.92 Å². The van der Waals surface area contributed by atoms with Gasteiger partial charge in [0, 0.05) is 23.4 Å². The predicted octanol–water partition coefficient (Wildman–Crippen LogP) is 4.05. The standard InChI is InChI=1S/C23H23N5O2S2/c1-16-7-9-18(10-8-16)24-20(29)13-21-25-19(14-31-21)15-32-23-27-26-22(30)28(23)12-11-17-5-3-2-4-6-17/h2-10,14H,11-13,15H2,1H3,(H,24,29)(H,26,30). The summed E-state index contributed by atoms with van der Waals surface area (Å²) < 4.78 is 1.65. The van der Waals surface area contributed by atoms with Crippen molar-refractivity contribution in [3.8, 4) is 0 Å². The molecule has 1 amide bonds. The molecule has 2 aromatic carbocycles. The Morgan fingerprint density at radius 3 is 2.72 bits per heavy atom. The van der Waals surface area contributed by atoms with Crippen LogP contribution in [0.25, 0.3) is 0 Å². The van der Waals surface area contributed by atoms with Crippen molar-refractivity contribution in [2.24, 2.45) is 0 Å². The third kappa shape index (κ3) is 5.95. The molecule has 0 aliphatic rings. The van der Waals surface area contributed by atoms with Crippen LogP contribution in [0.15, 0.2) is 69.9 Å². The highest BCUT2D eigenvalue weighted by molar-refractivity contribution is 7.98. The number of H-pyrrole nitrogens is 1. The van der Waals surface area contributed by atoms with Gasteiger partial charge in [0.15, 0.2) is 5.16 Å². The molecular formula is C23H23N5O2S2. The summed E-state index contributed by atoms with van der Waals surface area (Å²) >= 11 is 2.92. The fourth-order valence-electron chi connectivity index (χ4n) is 3.11. The molecule has 2 N–H and O–H groups in total. The Bertz CT molecular complexity index is 1230. The molecule has 32 heavy (non-hydrogen) atoms. The van der Waals surface area contributed by atoms with Gasteiger partial charge in [0.25, 0.3) is 0 Å². The van der Waals surface area contributed by atoms with Gasteiger partial charge < -0.3 is 5.32 Å². The summed E-state index contributed by atoms with van der Waals surface area (Å²) in [7, 11) is 0. The molecule has 9 heteroatoms. The second-order valence-corrected chi connectivity index (χ2v) is 9.20. The van der Waals surface area contributed by atoms with Crippen molar-refractivity contribution >= 4 is 34.7 Å². The lowest BCUT2D eigenvalue weighted by atomic mass is 10.1. The van der Waals surface area contributed by atoms with Gasteiger partial charge in [-0.15, -0.1) is 16.4 Å². The fourth-order valence-corrected chi connectivity index (χ4v) is 4.87. The first-order valence-corrected chi connectivity index (χ1v) is 12.0. The molecule has 7 nitrogen and oxygen atoms in total. The molecule has 4 aromatic rings. The summed E-state index contributed by atoms with van der Waals surface area (Å²) in [5, 5.41) is 12.9. The number of thioether (sulfide) groups is 1. The Balaban J connectivity index is 1.31. The van der Waals surface area contributed by atoms with E-state index >= 15 is 0 Å². The third-order valence-electron chi connectivity index (χ3n) is 4.79. The topological polar surface area (TPSA) is 92.7 Å². The van der Waals surface area contributed by atoms with E-state index in [2.05, 4.69) is 20.5 Å². The van der Waals surface area contributed by atoms with E-state index in [1.54, 1.807) is 4.57 Å². The first kappa shape index (κ1) is 22.0. The zero-order valence-corrected chi connectivity index (χ0v) is 19.2. The van der Waals surface area contributed by atoms with Crippen LogP contribution in [-0.2, 0) is 29.9 Å². The smallest absolute Gasteiger partial charge is 0.326 e. The number of aromatic amines is 1. The maximum absolute atomic E-state index is 12.3. The van der Waals surface area contributed by atoms with Gasteiger partial charge in [-0.05, 0) is 31.0 Å². The number of anilines is 1. The van der Waals surface area contributed by atoms with Gasteiger partial charge >= 0.3 is 5.69 Å². The quantitative estimate of drug-likeness (QED) is 0.364. The SMILES string of the molecule is Cc1ccc(NC(=O)Cc2nc(CSc3n[nH]c(=O)n3CCc3ccccc3)cs2)cc1. The molecule has 2 aromatic heterocycles. The highest BCUT2D eigenvalue weighted by Crippen LogP contribution is 2.22. The number of hydrogen-bond acceptors (Lipinski definition) is 6. The first-order valence-electron chi connectivity index (χ1n) is 10.2. The fraction of sp³-hybridized carbons (Fsp3) is 0.217. The minimum atomic E-state index is -0.213. The lowest BCUT2D eigenvalue weighted by Crippen LogP contribution is -2.18. The predicted molar refractivity (Wildman–Crippen MR) is 128 cm³/mol. The van der Waals surface area contributed by atoms with Crippen LogP contribution in [0.3, 0.4) is 0 Å². The van der Waals surface area contributed by atoms with Crippen LogP contribution in [0.4, 0.5) is 5.69 Å². The molecule has 164 valence electrons. The van der Waals surface area contributed by atoms with Gasteiger partial charge in [-0.1, -0.05) is 59.8 Å². The monoisotopic (exact) mass is 465 g/mol. The summed E-state index contributed by atoms with van der Waals surface area (Å²) in [6, 6.07) is 17.7. The molecule has 4 rings (SSSR count). The normalized spacial score (nSPS) is 10.9. The number of amides is 1. The van der Waals surface area contributed by atoms with Crippen molar-refractivity contribution in [2.75, 3.05) is 5.32 Å². The van der Waals surface area contributed by atoms with Gasteiger partial charge in [-0.3, -0.25) is 9.36 Å². The van der Waals surface area contributed by atoms with Crippen molar-refractivity contribution in [2.45, 2.75) is 37.2 Å². The second kappa shape index (κ2) is 10.4. The molecule has 0 aliphatic carbocycles. The molecule has 0 saturated carbocycles. The van der Waals surface area contributed by atoms with E-state index in [1.807, 2.05) is 66.9 Å². The molecule has 0 atom stereocenters. The zero-order chi connectivity index (χ0) is 22.3. The Labute approximate surface area is 193 Å². The summed E-state index contributed by atoms with van der Waals surface area (Å²) in [6.45, 7) is 2.56. The number of hydrogen-bond donors (Lipinski definition) is 2. The summed E-state index contributed by atoms with van der Waals surface area (Å²) in [6.07, 6.45) is 0.984. The molecule has 2 heterocycles. The lowest BCUT2D eigenvalue weighted by Gasteiger charge is -2.05. The Hall–Kier alpha value is -3.17. The van der Waals surface area contributed by atoms with Gasteiger partial charge in [0.05, 0.1) is 12.1 Å². The van der Waals surface area contributed by atoms with Gasteiger partial charge in [-0.2, -0.15) is 0 Å².